The number of urea groups is 1. The highest BCUT2D eigenvalue weighted by atomic mass is 35.5. The first-order valence-corrected chi connectivity index (χ1v) is 12.2. The molecule has 7 nitrogen and oxygen atoms in total. The van der Waals surface area contributed by atoms with Crippen molar-refractivity contribution in [2.75, 3.05) is 23.3 Å². The van der Waals surface area contributed by atoms with Gasteiger partial charge in [-0.1, -0.05) is 36.7 Å². The molecule has 8 heteroatoms. The number of carbonyl (C=O) groups excluding carboxylic acids is 3. The highest BCUT2D eigenvalue weighted by Crippen LogP contribution is 2.45. The van der Waals surface area contributed by atoms with Crippen LogP contribution in [0.1, 0.15) is 56.7 Å². The number of rotatable bonds is 5. The molecule has 2 aliphatic rings. The zero-order chi connectivity index (χ0) is 25.5. The van der Waals surface area contributed by atoms with Crippen molar-refractivity contribution in [3.63, 3.8) is 0 Å². The van der Waals surface area contributed by atoms with Crippen LogP contribution < -0.4 is 15.5 Å². The summed E-state index contributed by atoms with van der Waals surface area (Å²) in [6, 6.07) is 10.6. The smallest absolute Gasteiger partial charge is 0.329 e. The molecule has 1 saturated heterocycles. The predicted octanol–water partition coefficient (Wildman–Crippen LogP) is 5.29. The number of aryl methyl sites for hydroxylation is 1. The molecule has 0 radical (unpaired) electrons. The number of hydrogen-bond donors (Lipinski definition) is 2. The van der Waals surface area contributed by atoms with E-state index in [-0.39, 0.29) is 17.8 Å². The Kier molecular flexibility index (Phi) is 6.64. The number of fused-ring (bicyclic) bond motifs is 1. The maximum absolute atomic E-state index is 13.0. The Bertz CT molecular complexity index is 1240. The molecular weight excluding hydrogens is 464 g/mol. The van der Waals surface area contributed by atoms with Crippen LogP contribution in [0.5, 0.6) is 0 Å². The predicted molar refractivity (Wildman–Crippen MR) is 140 cm³/mol. The van der Waals surface area contributed by atoms with Crippen molar-refractivity contribution >= 4 is 46.9 Å². The number of carbonyl (C=O) groups is 3. The van der Waals surface area contributed by atoms with E-state index in [0.717, 1.165) is 34.7 Å². The van der Waals surface area contributed by atoms with Crippen LogP contribution in [0.25, 0.3) is 6.08 Å². The second-order valence-electron chi connectivity index (χ2n) is 9.84. The van der Waals surface area contributed by atoms with Crippen molar-refractivity contribution in [2.45, 2.75) is 52.5 Å². The van der Waals surface area contributed by atoms with E-state index in [0.29, 0.717) is 22.2 Å². The minimum atomic E-state index is -0.637. The summed E-state index contributed by atoms with van der Waals surface area (Å²) in [5, 5.41) is 5.83. The first-order valence-electron chi connectivity index (χ1n) is 11.8. The summed E-state index contributed by atoms with van der Waals surface area (Å²) >= 11 is 6.64. The summed E-state index contributed by atoms with van der Waals surface area (Å²) in [7, 11) is 0. The second-order valence-corrected chi connectivity index (χ2v) is 10.2. The number of nitrogens with one attached hydrogen (secondary N) is 2. The quantitative estimate of drug-likeness (QED) is 0.437. The monoisotopic (exact) mass is 494 g/mol. The van der Waals surface area contributed by atoms with Gasteiger partial charge < -0.3 is 15.5 Å². The molecule has 0 bridgehead atoms. The molecule has 0 saturated carbocycles. The lowest BCUT2D eigenvalue weighted by Gasteiger charge is -2.47. The van der Waals surface area contributed by atoms with Gasteiger partial charge in [0, 0.05) is 28.5 Å². The first kappa shape index (κ1) is 24.8. The first-order chi connectivity index (χ1) is 16.5. The third-order valence-corrected chi connectivity index (χ3v) is 7.13. The topological polar surface area (TPSA) is 81.8 Å². The lowest BCUT2D eigenvalue weighted by Crippen LogP contribution is -2.48. The Balaban J connectivity index is 1.56. The fourth-order valence-corrected chi connectivity index (χ4v) is 5.36. The Labute approximate surface area is 211 Å². The number of amides is 4. The maximum atomic E-state index is 13.0. The third-order valence-electron chi connectivity index (χ3n) is 6.80. The van der Waals surface area contributed by atoms with Crippen molar-refractivity contribution in [1.29, 1.82) is 0 Å². The summed E-state index contributed by atoms with van der Waals surface area (Å²) in [5.74, 6) is -0.701. The summed E-state index contributed by atoms with van der Waals surface area (Å²) < 4.78 is 0. The Morgan fingerprint density at radius 1 is 1.26 bits per heavy atom. The fraction of sp³-hybridized carbons (Fsp3) is 0.370. The molecule has 0 aromatic heterocycles. The van der Waals surface area contributed by atoms with Gasteiger partial charge in [0.15, 0.2) is 0 Å². The Hall–Kier alpha value is -3.32. The van der Waals surface area contributed by atoms with Gasteiger partial charge in [0.1, 0.15) is 12.2 Å². The van der Waals surface area contributed by atoms with E-state index >= 15 is 0 Å². The van der Waals surface area contributed by atoms with E-state index in [1.807, 2.05) is 31.2 Å². The van der Waals surface area contributed by atoms with Crippen LogP contribution in [0.4, 0.5) is 16.2 Å². The lowest BCUT2D eigenvalue weighted by molar-refractivity contribution is -0.127. The van der Waals surface area contributed by atoms with Gasteiger partial charge in [0.2, 0.25) is 5.91 Å². The number of halogens is 1. The zero-order valence-corrected chi connectivity index (χ0v) is 21.5. The molecule has 35 heavy (non-hydrogen) atoms. The van der Waals surface area contributed by atoms with Crippen LogP contribution in [0, 0.1) is 6.92 Å². The van der Waals surface area contributed by atoms with Crippen molar-refractivity contribution in [1.82, 2.24) is 10.2 Å². The third kappa shape index (κ3) is 4.78. The number of imide groups is 1. The van der Waals surface area contributed by atoms with Gasteiger partial charge in [0.05, 0.1) is 0 Å². The minimum absolute atomic E-state index is 0.0131. The molecule has 1 atom stereocenters. The van der Waals surface area contributed by atoms with Crippen LogP contribution in [0.15, 0.2) is 42.1 Å². The number of hydrogen-bond acceptors (Lipinski definition) is 4. The van der Waals surface area contributed by atoms with Crippen molar-refractivity contribution in [3.05, 3.63) is 63.8 Å². The molecule has 4 amide bonds. The molecule has 0 spiro atoms. The maximum Gasteiger partial charge on any atom is 0.329 e. The van der Waals surface area contributed by atoms with Gasteiger partial charge in [-0.15, -0.1) is 0 Å². The van der Waals surface area contributed by atoms with E-state index in [1.54, 1.807) is 18.2 Å². The van der Waals surface area contributed by atoms with Gasteiger partial charge in [0.25, 0.3) is 5.91 Å². The average Bonchev–Trinajstić information content (AvgIpc) is 3.03. The summed E-state index contributed by atoms with van der Waals surface area (Å²) in [5.41, 5.74) is 4.55. The van der Waals surface area contributed by atoms with E-state index in [9.17, 15) is 14.4 Å². The van der Waals surface area contributed by atoms with E-state index in [1.165, 1.54) is 0 Å². The number of nitrogens with zero attached hydrogens (tertiary/aromatic N) is 2. The van der Waals surface area contributed by atoms with Gasteiger partial charge in [-0.3, -0.25) is 9.59 Å². The van der Waals surface area contributed by atoms with Crippen LogP contribution in [0.3, 0.4) is 0 Å². The highest BCUT2D eigenvalue weighted by molar-refractivity contribution is 6.32. The average molecular weight is 495 g/mol. The number of anilines is 2. The summed E-state index contributed by atoms with van der Waals surface area (Å²) in [4.78, 5) is 41.2. The van der Waals surface area contributed by atoms with Crippen LogP contribution in [-0.4, -0.2) is 41.4 Å². The fourth-order valence-electron chi connectivity index (χ4n) is 5.15. The van der Waals surface area contributed by atoms with Crippen molar-refractivity contribution in [2.24, 2.45) is 0 Å². The molecule has 4 rings (SSSR count). The van der Waals surface area contributed by atoms with Crippen LogP contribution in [-0.2, 0) is 9.59 Å². The Morgan fingerprint density at radius 3 is 2.66 bits per heavy atom. The zero-order valence-electron chi connectivity index (χ0n) is 20.7. The number of benzene rings is 2. The standard InChI is InChI=1S/C27H31ClN4O3/c1-6-32-23-13-20(28)18(11-19(23)17(3)14-27(32,4)5)12-22-25(34)31(26(35)30-22)15-24(33)29-21-10-8-7-9-16(21)2/h7-13,17H,6,14-15H2,1-5H3,(H,29,33)(H,30,35)/b22-12+. The highest BCUT2D eigenvalue weighted by Gasteiger charge is 2.37. The lowest BCUT2D eigenvalue weighted by atomic mass is 9.79. The molecular formula is C27H31ClN4O3. The van der Waals surface area contributed by atoms with Gasteiger partial charge in [-0.05, 0) is 81.0 Å². The van der Waals surface area contributed by atoms with Crippen molar-refractivity contribution < 1.29 is 14.4 Å². The van der Waals surface area contributed by atoms with Crippen LogP contribution in [0.2, 0.25) is 5.02 Å². The molecule has 184 valence electrons. The van der Waals surface area contributed by atoms with E-state index in [2.05, 4.69) is 43.2 Å². The molecule has 2 aromatic rings. The van der Waals surface area contributed by atoms with Crippen LogP contribution >= 0.6 is 11.6 Å². The molecule has 2 aromatic carbocycles. The molecule has 1 unspecified atom stereocenters. The molecule has 2 heterocycles. The molecule has 2 aliphatic heterocycles. The Morgan fingerprint density at radius 2 is 1.97 bits per heavy atom. The van der Waals surface area contributed by atoms with Gasteiger partial charge >= 0.3 is 6.03 Å². The molecule has 0 aliphatic carbocycles. The van der Waals surface area contributed by atoms with Gasteiger partial charge in [-0.25, -0.2) is 9.69 Å². The minimum Gasteiger partial charge on any atom is -0.366 e. The normalized spacial score (nSPS) is 20.2. The second kappa shape index (κ2) is 9.38. The van der Waals surface area contributed by atoms with E-state index < -0.39 is 17.8 Å². The SMILES string of the molecule is CCN1c2cc(Cl)c(/C=C3/NC(=O)N(CC(=O)Nc4ccccc4C)C3=O)cc2C(C)CC1(C)C. The largest absolute Gasteiger partial charge is 0.366 e. The molecule has 2 N–H and O–H groups in total. The van der Waals surface area contributed by atoms with E-state index in [4.69, 9.17) is 11.6 Å². The molecule has 1 fully saturated rings. The van der Waals surface area contributed by atoms with Crippen molar-refractivity contribution in [3.8, 4) is 0 Å². The summed E-state index contributed by atoms with van der Waals surface area (Å²) in [6.07, 6.45) is 2.58. The summed E-state index contributed by atoms with van der Waals surface area (Å²) in [6.45, 7) is 11.1. The number of para-hydroxylation sites is 1. The van der Waals surface area contributed by atoms with Gasteiger partial charge in [-0.2, -0.15) is 0 Å².